The molecule has 2 aromatic rings. The summed E-state index contributed by atoms with van der Waals surface area (Å²) in [6.07, 6.45) is 0. The summed E-state index contributed by atoms with van der Waals surface area (Å²) in [5, 5.41) is 1.79. The van der Waals surface area contributed by atoms with Gasteiger partial charge in [-0.25, -0.2) is 4.79 Å². The Morgan fingerprint density at radius 3 is 2.35 bits per heavy atom. The van der Waals surface area contributed by atoms with E-state index in [0.717, 1.165) is 10.8 Å². The van der Waals surface area contributed by atoms with Crippen LogP contribution in [0.1, 0.15) is 6.92 Å². The van der Waals surface area contributed by atoms with Gasteiger partial charge in [0.1, 0.15) is 19.0 Å². The molecule has 0 bridgehead atoms. The van der Waals surface area contributed by atoms with Crippen LogP contribution in [0.4, 0.5) is 0 Å². The van der Waals surface area contributed by atoms with E-state index in [1.807, 2.05) is 24.3 Å². The van der Waals surface area contributed by atoms with Gasteiger partial charge in [0.2, 0.25) is 0 Å². The van der Waals surface area contributed by atoms with Crippen LogP contribution in [0, 0.1) is 0 Å². The fourth-order valence-electron chi connectivity index (χ4n) is 2.18. The number of hydrogen-bond donors (Lipinski definition) is 0. The van der Waals surface area contributed by atoms with Gasteiger partial charge in [0.15, 0.2) is 11.5 Å². The summed E-state index contributed by atoms with van der Waals surface area (Å²) in [6, 6.07) is 9.48. The molecule has 5 nitrogen and oxygen atoms in total. The van der Waals surface area contributed by atoms with E-state index < -0.39 is 5.97 Å². The van der Waals surface area contributed by atoms with Crippen molar-refractivity contribution in [3.05, 3.63) is 42.5 Å². The summed E-state index contributed by atoms with van der Waals surface area (Å²) in [6.45, 7) is 5.51. The lowest BCUT2D eigenvalue weighted by Crippen LogP contribution is -2.12. The Kier molecular flexibility index (Phi) is 5.46. The summed E-state index contributed by atoms with van der Waals surface area (Å²) in [7, 11) is 3.17. The van der Waals surface area contributed by atoms with E-state index in [2.05, 4.69) is 6.58 Å². The topological polar surface area (TPSA) is 54.0 Å². The van der Waals surface area contributed by atoms with Crippen molar-refractivity contribution in [1.29, 1.82) is 0 Å². The third-order valence-electron chi connectivity index (χ3n) is 3.27. The highest BCUT2D eigenvalue weighted by molar-refractivity contribution is 5.95. The van der Waals surface area contributed by atoms with E-state index >= 15 is 0 Å². The maximum atomic E-state index is 11.3. The van der Waals surface area contributed by atoms with Gasteiger partial charge in [-0.15, -0.1) is 0 Å². The van der Waals surface area contributed by atoms with Gasteiger partial charge in [0, 0.05) is 22.4 Å². The molecule has 0 aliphatic heterocycles. The number of rotatable bonds is 7. The van der Waals surface area contributed by atoms with Crippen molar-refractivity contribution in [3.8, 4) is 17.2 Å². The summed E-state index contributed by atoms with van der Waals surface area (Å²) in [5.41, 5.74) is 0.363. The first-order valence-electron chi connectivity index (χ1n) is 7.17. The molecule has 122 valence electrons. The molecule has 0 saturated heterocycles. The van der Waals surface area contributed by atoms with E-state index in [-0.39, 0.29) is 13.2 Å². The van der Waals surface area contributed by atoms with Crippen molar-refractivity contribution in [2.24, 2.45) is 0 Å². The van der Waals surface area contributed by atoms with Crippen molar-refractivity contribution < 1.29 is 23.7 Å². The second-order valence-electron chi connectivity index (χ2n) is 4.92. The van der Waals surface area contributed by atoms with E-state index in [0.29, 0.717) is 22.8 Å². The van der Waals surface area contributed by atoms with Gasteiger partial charge in [-0.1, -0.05) is 30.8 Å². The van der Waals surface area contributed by atoms with E-state index in [1.165, 1.54) is 0 Å². The van der Waals surface area contributed by atoms with Crippen molar-refractivity contribution in [2.75, 3.05) is 27.4 Å². The molecule has 0 N–H and O–H groups in total. The molecule has 0 fully saturated rings. The smallest absolute Gasteiger partial charge is 0.333 e. The van der Waals surface area contributed by atoms with Gasteiger partial charge >= 0.3 is 5.97 Å². The minimum absolute atomic E-state index is 0.147. The summed E-state index contributed by atoms with van der Waals surface area (Å²) in [5.74, 6) is 1.46. The number of ether oxygens (including phenoxy) is 4. The second-order valence-corrected chi connectivity index (χ2v) is 4.92. The van der Waals surface area contributed by atoms with Gasteiger partial charge in [-0.2, -0.15) is 0 Å². The average Bonchev–Trinajstić information content (AvgIpc) is 2.57. The predicted octanol–water partition coefficient (Wildman–Crippen LogP) is 3.36. The van der Waals surface area contributed by atoms with Crippen LogP contribution in [-0.4, -0.2) is 33.4 Å². The van der Waals surface area contributed by atoms with Crippen molar-refractivity contribution in [1.82, 2.24) is 0 Å². The Balaban J connectivity index is 2.20. The quantitative estimate of drug-likeness (QED) is 0.445. The number of carbonyl (C=O) groups excluding carboxylic acids is 1. The van der Waals surface area contributed by atoms with E-state index in [4.69, 9.17) is 18.9 Å². The molecule has 0 aliphatic carbocycles. The fraction of sp³-hybridized carbons (Fsp3) is 0.278. The van der Waals surface area contributed by atoms with Crippen molar-refractivity contribution in [3.63, 3.8) is 0 Å². The number of hydrogen-bond acceptors (Lipinski definition) is 5. The van der Waals surface area contributed by atoms with Crippen LogP contribution in [-0.2, 0) is 9.53 Å². The second kappa shape index (κ2) is 7.54. The first-order chi connectivity index (χ1) is 11.1. The molecule has 0 aliphatic rings. The summed E-state index contributed by atoms with van der Waals surface area (Å²) in [4.78, 5) is 11.3. The molecule has 0 heterocycles. The van der Waals surface area contributed by atoms with Crippen LogP contribution < -0.4 is 14.2 Å². The zero-order valence-electron chi connectivity index (χ0n) is 13.5. The molecule has 5 heteroatoms. The predicted molar refractivity (Wildman–Crippen MR) is 88.3 cm³/mol. The van der Waals surface area contributed by atoms with Gasteiger partial charge in [0.05, 0.1) is 14.2 Å². The molecule has 2 aromatic carbocycles. The monoisotopic (exact) mass is 316 g/mol. The van der Waals surface area contributed by atoms with Gasteiger partial charge in [-0.05, 0) is 6.92 Å². The Morgan fingerprint density at radius 1 is 1.04 bits per heavy atom. The highest BCUT2D eigenvalue weighted by Gasteiger charge is 2.14. The highest BCUT2D eigenvalue weighted by Crippen LogP contribution is 2.41. The third kappa shape index (κ3) is 3.74. The molecule has 0 spiro atoms. The molecule has 0 unspecified atom stereocenters. The van der Waals surface area contributed by atoms with Crippen LogP contribution in [0.2, 0.25) is 0 Å². The molecule has 0 amide bonds. The number of esters is 1. The van der Waals surface area contributed by atoms with E-state index in [9.17, 15) is 4.79 Å². The van der Waals surface area contributed by atoms with Crippen LogP contribution in [0.15, 0.2) is 42.5 Å². The van der Waals surface area contributed by atoms with Gasteiger partial charge in [-0.3, -0.25) is 0 Å². The SMILES string of the molecule is C=C(C)C(=O)OCCOc1cc(OC)c(OC)c2ccccc12. The lowest BCUT2D eigenvalue weighted by Gasteiger charge is -2.15. The van der Waals surface area contributed by atoms with Crippen LogP contribution in [0.3, 0.4) is 0 Å². The zero-order valence-corrected chi connectivity index (χ0v) is 13.5. The van der Waals surface area contributed by atoms with Crippen molar-refractivity contribution in [2.45, 2.75) is 6.92 Å². The molecule has 0 radical (unpaired) electrons. The maximum Gasteiger partial charge on any atom is 0.333 e. The first kappa shape index (κ1) is 16.7. The number of fused-ring (bicyclic) bond motifs is 1. The van der Waals surface area contributed by atoms with Crippen molar-refractivity contribution >= 4 is 16.7 Å². The molecule has 0 aromatic heterocycles. The summed E-state index contributed by atoms with van der Waals surface area (Å²) < 4.78 is 21.6. The normalized spacial score (nSPS) is 10.2. The first-order valence-corrected chi connectivity index (χ1v) is 7.17. The average molecular weight is 316 g/mol. The largest absolute Gasteiger partial charge is 0.493 e. The molecule has 0 saturated carbocycles. The third-order valence-corrected chi connectivity index (χ3v) is 3.27. The Hall–Kier alpha value is -2.69. The molecule has 23 heavy (non-hydrogen) atoms. The molecule has 0 atom stereocenters. The van der Waals surface area contributed by atoms with Crippen LogP contribution in [0.25, 0.3) is 10.8 Å². The standard InChI is InChI=1S/C18H20O5/c1-12(2)18(19)23-10-9-22-15-11-16(20-3)17(21-4)14-8-6-5-7-13(14)15/h5-8,11H,1,9-10H2,2-4H3. The Morgan fingerprint density at radius 2 is 1.74 bits per heavy atom. The molecule has 2 rings (SSSR count). The van der Waals surface area contributed by atoms with E-state index in [1.54, 1.807) is 27.2 Å². The van der Waals surface area contributed by atoms with Gasteiger partial charge < -0.3 is 18.9 Å². The number of methoxy groups -OCH3 is 2. The number of benzene rings is 2. The summed E-state index contributed by atoms with van der Waals surface area (Å²) >= 11 is 0. The minimum atomic E-state index is -0.425. The highest BCUT2D eigenvalue weighted by atomic mass is 16.6. The molecular weight excluding hydrogens is 296 g/mol. The van der Waals surface area contributed by atoms with Crippen LogP contribution in [0.5, 0.6) is 17.2 Å². The lowest BCUT2D eigenvalue weighted by atomic mass is 10.1. The molecular formula is C18H20O5. The minimum Gasteiger partial charge on any atom is -0.493 e. The Labute approximate surface area is 135 Å². The lowest BCUT2D eigenvalue weighted by molar-refractivity contribution is -0.139. The fourth-order valence-corrected chi connectivity index (χ4v) is 2.18. The maximum absolute atomic E-state index is 11.3. The number of carbonyl (C=O) groups is 1. The van der Waals surface area contributed by atoms with Gasteiger partial charge in [0.25, 0.3) is 0 Å². The Bertz CT molecular complexity index is 721. The van der Waals surface area contributed by atoms with Crippen LogP contribution >= 0.6 is 0 Å². The zero-order chi connectivity index (χ0) is 16.8.